The predicted molar refractivity (Wildman–Crippen MR) is 135 cm³/mol. The molecule has 0 aromatic heterocycles. The molecule has 0 radical (unpaired) electrons. The van der Waals surface area contributed by atoms with Gasteiger partial charge in [0, 0.05) is 12.7 Å². The lowest BCUT2D eigenvalue weighted by atomic mass is 10.1. The zero-order chi connectivity index (χ0) is 24.9. The third-order valence-corrected chi connectivity index (χ3v) is 8.23. The Morgan fingerprint density at radius 1 is 0.882 bits per heavy atom. The van der Waals surface area contributed by atoms with Gasteiger partial charge in [-0.15, -0.1) is 0 Å². The molecular formula is C24H27N3O5S2. The van der Waals surface area contributed by atoms with E-state index in [0.29, 0.717) is 23.5 Å². The summed E-state index contributed by atoms with van der Waals surface area (Å²) >= 11 is 0. The first-order chi connectivity index (χ1) is 16.0. The van der Waals surface area contributed by atoms with Crippen molar-refractivity contribution in [1.82, 2.24) is 0 Å². The summed E-state index contributed by atoms with van der Waals surface area (Å²) in [5.74, 6) is -0.565. The Morgan fingerprint density at radius 3 is 2.18 bits per heavy atom. The minimum Gasteiger partial charge on any atom is -0.324 e. The third kappa shape index (κ3) is 5.75. The van der Waals surface area contributed by atoms with E-state index in [1.807, 2.05) is 19.1 Å². The number of aryl methyl sites for hydroxylation is 1. The Morgan fingerprint density at radius 2 is 1.53 bits per heavy atom. The first-order valence-corrected chi connectivity index (χ1v) is 13.8. The average Bonchev–Trinajstić information content (AvgIpc) is 2.82. The van der Waals surface area contributed by atoms with Crippen LogP contribution >= 0.6 is 0 Å². The number of anilines is 3. The van der Waals surface area contributed by atoms with Crippen LogP contribution in [0.5, 0.6) is 0 Å². The maximum Gasteiger partial charge on any atom is 0.264 e. The topological polar surface area (TPSA) is 104 Å². The molecule has 3 aromatic carbocycles. The van der Waals surface area contributed by atoms with E-state index >= 15 is 0 Å². The molecule has 0 aliphatic carbocycles. The first kappa shape index (κ1) is 25.3. The molecule has 0 aliphatic heterocycles. The maximum absolute atomic E-state index is 13.5. The van der Waals surface area contributed by atoms with Crippen LogP contribution in [-0.4, -0.2) is 42.6 Å². The second kappa shape index (κ2) is 10.3. The molecule has 0 aliphatic rings. The van der Waals surface area contributed by atoms with Gasteiger partial charge in [0.1, 0.15) is 6.54 Å². The summed E-state index contributed by atoms with van der Waals surface area (Å²) in [6, 6.07) is 21.3. The number of sulfonamides is 2. The normalized spacial score (nSPS) is 11.6. The van der Waals surface area contributed by atoms with Crippen LogP contribution in [0, 0.1) is 0 Å². The quantitative estimate of drug-likeness (QED) is 0.484. The lowest BCUT2D eigenvalue weighted by Gasteiger charge is -2.26. The Bertz CT molecular complexity index is 1370. The monoisotopic (exact) mass is 501 g/mol. The lowest BCUT2D eigenvalue weighted by molar-refractivity contribution is -0.114. The van der Waals surface area contributed by atoms with Crippen molar-refractivity contribution < 1.29 is 21.6 Å². The van der Waals surface area contributed by atoms with E-state index in [0.717, 1.165) is 20.4 Å². The van der Waals surface area contributed by atoms with E-state index in [1.165, 1.54) is 25.2 Å². The summed E-state index contributed by atoms with van der Waals surface area (Å²) < 4.78 is 52.9. The van der Waals surface area contributed by atoms with Crippen LogP contribution in [-0.2, 0) is 31.3 Å². The third-order valence-electron chi connectivity index (χ3n) is 5.25. The molecule has 3 rings (SSSR count). The van der Waals surface area contributed by atoms with Crippen molar-refractivity contribution in [2.24, 2.45) is 0 Å². The van der Waals surface area contributed by atoms with Crippen molar-refractivity contribution in [3.05, 3.63) is 84.4 Å². The SMILES string of the molecule is CCc1ccccc1N(CC(=O)Nc1cccc(N(C)S(C)(=O)=O)c1)S(=O)(=O)c1ccccc1. The molecule has 3 aromatic rings. The van der Waals surface area contributed by atoms with Gasteiger partial charge in [0.25, 0.3) is 10.0 Å². The molecule has 0 heterocycles. The molecule has 0 fully saturated rings. The van der Waals surface area contributed by atoms with E-state index in [1.54, 1.807) is 48.5 Å². The first-order valence-electron chi connectivity index (χ1n) is 10.5. The average molecular weight is 502 g/mol. The number of rotatable bonds is 9. The number of nitrogens with zero attached hydrogens (tertiary/aromatic N) is 2. The molecule has 1 N–H and O–H groups in total. The number of benzene rings is 3. The van der Waals surface area contributed by atoms with Crippen LogP contribution in [0.25, 0.3) is 0 Å². The van der Waals surface area contributed by atoms with Crippen LogP contribution in [0.4, 0.5) is 17.1 Å². The minimum atomic E-state index is -4.03. The number of carbonyl (C=O) groups is 1. The van der Waals surface area contributed by atoms with Gasteiger partial charge in [0.15, 0.2) is 0 Å². The Hall–Kier alpha value is -3.37. The molecule has 0 spiro atoms. The molecule has 1 amide bonds. The molecule has 10 heteroatoms. The van der Waals surface area contributed by atoms with Gasteiger partial charge in [-0.3, -0.25) is 13.4 Å². The molecule has 180 valence electrons. The molecule has 0 unspecified atom stereocenters. The zero-order valence-electron chi connectivity index (χ0n) is 19.2. The number of hydrogen-bond donors (Lipinski definition) is 1. The van der Waals surface area contributed by atoms with Crippen LogP contribution in [0.3, 0.4) is 0 Å². The number of amides is 1. The molecule has 0 saturated heterocycles. The van der Waals surface area contributed by atoms with E-state index in [2.05, 4.69) is 5.32 Å². The van der Waals surface area contributed by atoms with Crippen LogP contribution < -0.4 is 13.9 Å². The second-order valence-electron chi connectivity index (χ2n) is 7.64. The van der Waals surface area contributed by atoms with Gasteiger partial charge in [0.05, 0.1) is 22.5 Å². The smallest absolute Gasteiger partial charge is 0.264 e. The Labute approximate surface area is 200 Å². The van der Waals surface area contributed by atoms with E-state index < -0.39 is 32.5 Å². The highest BCUT2D eigenvalue weighted by Gasteiger charge is 2.28. The fourth-order valence-electron chi connectivity index (χ4n) is 3.37. The Kier molecular flexibility index (Phi) is 7.63. The molecule has 0 bridgehead atoms. The standard InChI is InChI=1S/C24H27N3O5S2/c1-4-19-11-8-9-16-23(19)27(34(31,32)22-14-6-5-7-15-22)18-24(28)25-20-12-10-13-21(17-20)26(2)33(3,29)30/h5-17H,4,18H2,1-3H3,(H,25,28). The fourth-order valence-corrected chi connectivity index (χ4v) is 5.35. The van der Waals surface area contributed by atoms with Crippen LogP contribution in [0.1, 0.15) is 12.5 Å². The van der Waals surface area contributed by atoms with Crippen LogP contribution in [0.2, 0.25) is 0 Å². The number of para-hydroxylation sites is 1. The van der Waals surface area contributed by atoms with Crippen molar-refractivity contribution in [2.75, 3.05) is 33.8 Å². The van der Waals surface area contributed by atoms with Crippen molar-refractivity contribution in [1.29, 1.82) is 0 Å². The van der Waals surface area contributed by atoms with Gasteiger partial charge >= 0.3 is 0 Å². The minimum absolute atomic E-state index is 0.0745. The highest BCUT2D eigenvalue weighted by Crippen LogP contribution is 2.28. The number of carbonyl (C=O) groups excluding carboxylic acids is 1. The predicted octanol–water partition coefficient (Wildman–Crippen LogP) is 3.48. The molecular weight excluding hydrogens is 474 g/mol. The van der Waals surface area contributed by atoms with E-state index in [4.69, 9.17) is 0 Å². The molecule has 34 heavy (non-hydrogen) atoms. The van der Waals surface area contributed by atoms with Crippen LogP contribution in [0.15, 0.2) is 83.8 Å². The van der Waals surface area contributed by atoms with Gasteiger partial charge in [0.2, 0.25) is 15.9 Å². The maximum atomic E-state index is 13.5. The second-order valence-corrected chi connectivity index (χ2v) is 11.5. The fraction of sp³-hybridized carbons (Fsp3) is 0.208. The summed E-state index contributed by atoms with van der Waals surface area (Å²) in [4.78, 5) is 13.1. The summed E-state index contributed by atoms with van der Waals surface area (Å²) in [7, 11) is -6.10. The molecule has 0 atom stereocenters. The summed E-state index contributed by atoms with van der Waals surface area (Å²) in [6.07, 6.45) is 1.66. The van der Waals surface area contributed by atoms with E-state index in [-0.39, 0.29) is 4.90 Å². The largest absolute Gasteiger partial charge is 0.324 e. The van der Waals surface area contributed by atoms with Gasteiger partial charge in [-0.2, -0.15) is 0 Å². The van der Waals surface area contributed by atoms with Gasteiger partial charge in [-0.25, -0.2) is 16.8 Å². The Balaban J connectivity index is 1.94. The summed E-state index contributed by atoms with van der Waals surface area (Å²) in [5, 5.41) is 2.68. The van der Waals surface area contributed by atoms with Crippen molar-refractivity contribution >= 4 is 43.0 Å². The van der Waals surface area contributed by atoms with Crippen molar-refractivity contribution in [3.63, 3.8) is 0 Å². The van der Waals surface area contributed by atoms with Gasteiger partial charge in [-0.05, 0) is 48.4 Å². The summed E-state index contributed by atoms with van der Waals surface area (Å²) in [6.45, 7) is 1.45. The van der Waals surface area contributed by atoms with Crippen molar-refractivity contribution in [3.8, 4) is 0 Å². The van der Waals surface area contributed by atoms with Gasteiger partial charge < -0.3 is 5.32 Å². The zero-order valence-corrected chi connectivity index (χ0v) is 20.8. The highest BCUT2D eigenvalue weighted by molar-refractivity contribution is 7.93. The lowest BCUT2D eigenvalue weighted by Crippen LogP contribution is -2.38. The van der Waals surface area contributed by atoms with E-state index in [9.17, 15) is 21.6 Å². The highest BCUT2D eigenvalue weighted by atomic mass is 32.2. The number of hydrogen-bond acceptors (Lipinski definition) is 5. The number of nitrogens with one attached hydrogen (secondary N) is 1. The summed E-state index contributed by atoms with van der Waals surface area (Å²) in [5.41, 5.74) is 1.92. The van der Waals surface area contributed by atoms with Crippen molar-refractivity contribution in [2.45, 2.75) is 18.2 Å². The molecule has 8 nitrogen and oxygen atoms in total. The molecule has 0 saturated carbocycles. The van der Waals surface area contributed by atoms with Gasteiger partial charge in [-0.1, -0.05) is 49.4 Å².